The number of benzene rings is 2. The number of aromatic amines is 1. The normalized spacial score (nSPS) is 18.7. The molecule has 4 aromatic rings. The molecule has 41 heavy (non-hydrogen) atoms. The Morgan fingerprint density at radius 1 is 0.878 bits per heavy atom. The van der Waals surface area contributed by atoms with Crippen LogP contribution in [0.25, 0.3) is 33.2 Å². The lowest BCUT2D eigenvalue weighted by Gasteiger charge is -2.32. The fourth-order valence-electron chi connectivity index (χ4n) is 6.25. The molecule has 0 saturated carbocycles. The van der Waals surface area contributed by atoms with E-state index in [0.717, 1.165) is 123 Å². The van der Waals surface area contributed by atoms with Crippen molar-refractivity contribution in [2.24, 2.45) is 0 Å². The average molecular weight is 557 g/mol. The highest BCUT2D eigenvalue weighted by Gasteiger charge is 2.26. The van der Waals surface area contributed by atoms with Gasteiger partial charge >= 0.3 is 5.97 Å². The average Bonchev–Trinajstić information content (AvgIpc) is 3.47. The Labute approximate surface area is 238 Å². The molecule has 3 aliphatic heterocycles. The Morgan fingerprint density at radius 3 is 2.27 bits per heavy atom. The zero-order chi connectivity index (χ0) is 27.8. The molecule has 5 N–H and O–H groups in total. The van der Waals surface area contributed by atoms with E-state index in [2.05, 4.69) is 53.9 Å². The number of aromatic nitrogens is 3. The van der Waals surface area contributed by atoms with Gasteiger partial charge in [-0.2, -0.15) is 0 Å². The van der Waals surface area contributed by atoms with Gasteiger partial charge in [-0.3, -0.25) is 0 Å². The van der Waals surface area contributed by atoms with Crippen molar-refractivity contribution in [2.45, 2.75) is 18.9 Å². The molecule has 5 heterocycles. The van der Waals surface area contributed by atoms with Gasteiger partial charge in [0.2, 0.25) is 0 Å². The van der Waals surface area contributed by atoms with Gasteiger partial charge in [-0.05, 0) is 50.2 Å². The molecule has 11 heteroatoms. The van der Waals surface area contributed by atoms with Gasteiger partial charge in [0.25, 0.3) is 0 Å². The first-order valence-electron chi connectivity index (χ1n) is 14.6. The number of aromatic carboxylic acids is 1. The summed E-state index contributed by atoms with van der Waals surface area (Å²) in [4.78, 5) is 29.8. The third-order valence-corrected chi connectivity index (χ3v) is 8.41. The molecule has 3 saturated heterocycles. The van der Waals surface area contributed by atoms with E-state index in [9.17, 15) is 9.90 Å². The SMILES string of the molecule is O=C(O)c1cc2c(OC3CCNCC3)c(-c3nc4cccc(N5CCNCC5)c4[nH]3)cc(N3CCNCC3)c2cn1. The third-order valence-electron chi connectivity index (χ3n) is 8.41. The van der Waals surface area contributed by atoms with Crippen molar-refractivity contribution >= 4 is 39.1 Å². The number of rotatable bonds is 6. The lowest BCUT2D eigenvalue weighted by molar-refractivity contribution is 0.0690. The molecule has 2 aromatic carbocycles. The van der Waals surface area contributed by atoms with Crippen LogP contribution in [0.15, 0.2) is 36.5 Å². The maximum atomic E-state index is 12.0. The van der Waals surface area contributed by atoms with E-state index >= 15 is 0 Å². The number of H-pyrrole nitrogens is 1. The van der Waals surface area contributed by atoms with Crippen molar-refractivity contribution in [3.05, 3.63) is 42.2 Å². The highest BCUT2D eigenvalue weighted by atomic mass is 16.5. The summed E-state index contributed by atoms with van der Waals surface area (Å²) in [5, 5.41) is 21.8. The van der Waals surface area contributed by atoms with Crippen molar-refractivity contribution in [2.75, 3.05) is 75.2 Å². The first-order chi connectivity index (χ1) is 20.2. The van der Waals surface area contributed by atoms with E-state index in [1.54, 1.807) is 12.3 Å². The number of para-hydroxylation sites is 1. The molecule has 2 aromatic heterocycles. The fourth-order valence-corrected chi connectivity index (χ4v) is 6.25. The molecule has 3 fully saturated rings. The van der Waals surface area contributed by atoms with Crippen LogP contribution in [0.5, 0.6) is 5.75 Å². The summed E-state index contributed by atoms with van der Waals surface area (Å²) in [7, 11) is 0. The number of nitrogens with zero attached hydrogens (tertiary/aromatic N) is 4. The van der Waals surface area contributed by atoms with Crippen molar-refractivity contribution in [3.8, 4) is 17.1 Å². The third kappa shape index (κ3) is 5.05. The van der Waals surface area contributed by atoms with E-state index in [1.165, 1.54) is 0 Å². The summed E-state index contributed by atoms with van der Waals surface area (Å²) in [5.41, 5.74) is 4.90. The van der Waals surface area contributed by atoms with Gasteiger partial charge in [-0.1, -0.05) is 6.07 Å². The Bertz CT molecular complexity index is 1570. The van der Waals surface area contributed by atoms with Crippen molar-refractivity contribution < 1.29 is 14.6 Å². The van der Waals surface area contributed by atoms with E-state index in [-0.39, 0.29) is 11.8 Å². The van der Waals surface area contributed by atoms with Crippen molar-refractivity contribution in [1.82, 2.24) is 30.9 Å². The molecule has 0 amide bonds. The Hall–Kier alpha value is -3.93. The van der Waals surface area contributed by atoms with Crippen LogP contribution in [0, 0.1) is 0 Å². The summed E-state index contributed by atoms with van der Waals surface area (Å²) in [5.74, 6) is 0.329. The first-order valence-corrected chi connectivity index (χ1v) is 14.6. The number of carboxylic acids is 1. The van der Waals surface area contributed by atoms with Gasteiger partial charge in [0.15, 0.2) is 0 Å². The minimum absolute atomic E-state index is 0.00155. The summed E-state index contributed by atoms with van der Waals surface area (Å²) in [6, 6.07) is 10.1. The Balaban J connectivity index is 1.44. The number of pyridine rings is 1. The van der Waals surface area contributed by atoms with Crippen LogP contribution in [0.1, 0.15) is 23.3 Å². The number of carboxylic acid groups (broad SMARTS) is 1. The van der Waals surface area contributed by atoms with E-state index < -0.39 is 5.97 Å². The summed E-state index contributed by atoms with van der Waals surface area (Å²) < 4.78 is 6.80. The second kappa shape index (κ2) is 11.2. The van der Waals surface area contributed by atoms with E-state index in [0.29, 0.717) is 5.75 Å². The summed E-state index contributed by atoms with van der Waals surface area (Å²) in [6.07, 6.45) is 3.47. The predicted molar refractivity (Wildman–Crippen MR) is 160 cm³/mol. The second-order valence-electron chi connectivity index (χ2n) is 11.0. The predicted octanol–water partition coefficient (Wildman–Crippen LogP) is 2.43. The molecule has 11 nitrogen and oxygen atoms in total. The van der Waals surface area contributed by atoms with Crippen LogP contribution in [0.2, 0.25) is 0 Å². The number of anilines is 2. The number of imidazole rings is 1. The van der Waals surface area contributed by atoms with Crippen LogP contribution in [-0.2, 0) is 0 Å². The number of piperidine rings is 1. The quantitative estimate of drug-likeness (QED) is 0.241. The molecule has 214 valence electrons. The van der Waals surface area contributed by atoms with Gasteiger partial charge in [0.1, 0.15) is 23.4 Å². The van der Waals surface area contributed by atoms with Gasteiger partial charge < -0.3 is 40.6 Å². The summed E-state index contributed by atoms with van der Waals surface area (Å²) >= 11 is 0. The molecule has 0 bridgehead atoms. The smallest absolute Gasteiger partial charge is 0.354 e. The Kier molecular flexibility index (Phi) is 7.07. The van der Waals surface area contributed by atoms with Crippen LogP contribution in [-0.4, -0.2) is 97.6 Å². The first kappa shape index (κ1) is 26.0. The minimum atomic E-state index is -1.06. The number of nitrogens with one attached hydrogen (secondary N) is 4. The van der Waals surface area contributed by atoms with Crippen molar-refractivity contribution in [3.63, 3.8) is 0 Å². The molecule has 0 aliphatic carbocycles. The second-order valence-corrected chi connectivity index (χ2v) is 11.0. The monoisotopic (exact) mass is 556 g/mol. The van der Waals surface area contributed by atoms with Gasteiger partial charge in [0.05, 0.1) is 22.3 Å². The number of piperazine rings is 2. The largest absolute Gasteiger partial charge is 0.489 e. The van der Waals surface area contributed by atoms with Crippen LogP contribution in [0.4, 0.5) is 11.4 Å². The number of ether oxygens (including phenoxy) is 1. The maximum Gasteiger partial charge on any atom is 0.354 e. The van der Waals surface area contributed by atoms with Crippen LogP contribution in [0.3, 0.4) is 0 Å². The lowest BCUT2D eigenvalue weighted by Crippen LogP contribution is -2.43. The van der Waals surface area contributed by atoms with Gasteiger partial charge in [-0.15, -0.1) is 0 Å². The number of fused-ring (bicyclic) bond motifs is 2. The zero-order valence-corrected chi connectivity index (χ0v) is 23.1. The fraction of sp³-hybridized carbons (Fsp3) is 0.433. The highest BCUT2D eigenvalue weighted by Crippen LogP contribution is 2.43. The summed E-state index contributed by atoms with van der Waals surface area (Å²) in [6.45, 7) is 8.99. The molecular formula is C30H36N8O3. The minimum Gasteiger partial charge on any atom is -0.489 e. The lowest BCUT2D eigenvalue weighted by atomic mass is 10.0. The molecule has 0 spiro atoms. The molecule has 7 rings (SSSR count). The molecule has 0 unspecified atom stereocenters. The standard InChI is InChI=1S/C30H36N8O3/c39-30(40)24-16-20-22(18-34-24)26(38-14-10-33-11-15-38)17-21(28(20)41-19-4-6-31-7-5-19)29-35-23-2-1-3-25(27(23)36-29)37-12-8-32-9-13-37/h1-3,16-19,31-33H,4-15H2,(H,35,36)(H,39,40). The highest BCUT2D eigenvalue weighted by molar-refractivity contribution is 6.05. The molecule has 0 atom stereocenters. The van der Waals surface area contributed by atoms with E-state index in [1.807, 2.05) is 6.07 Å². The number of carbonyl (C=O) groups is 1. The topological polar surface area (TPSA) is 131 Å². The van der Waals surface area contributed by atoms with E-state index in [4.69, 9.17) is 9.72 Å². The van der Waals surface area contributed by atoms with Crippen molar-refractivity contribution in [1.29, 1.82) is 0 Å². The van der Waals surface area contributed by atoms with Crippen LogP contribution < -0.4 is 30.5 Å². The molecule has 0 radical (unpaired) electrons. The molecule has 3 aliphatic rings. The van der Waals surface area contributed by atoms with Gasteiger partial charge in [0, 0.05) is 75.0 Å². The van der Waals surface area contributed by atoms with Crippen LogP contribution >= 0.6 is 0 Å². The molecular weight excluding hydrogens is 520 g/mol. The zero-order valence-electron chi connectivity index (χ0n) is 23.1. The maximum absolute atomic E-state index is 12.0. The number of hydrogen-bond donors (Lipinski definition) is 5. The number of hydrogen-bond acceptors (Lipinski definition) is 9. The van der Waals surface area contributed by atoms with Gasteiger partial charge in [-0.25, -0.2) is 14.8 Å². The Morgan fingerprint density at radius 2 is 1.56 bits per heavy atom.